The average Bonchev–Trinajstić information content (AvgIpc) is 3.16. The molecule has 130 valence electrons. The first-order valence-corrected chi connectivity index (χ1v) is 8.63. The number of carbonyl (C=O) groups excluding carboxylic acids is 2. The lowest BCUT2D eigenvalue weighted by molar-refractivity contribution is -0.0380. The Morgan fingerprint density at radius 2 is 1.50 bits per heavy atom. The molecule has 0 atom stereocenters. The van der Waals surface area contributed by atoms with Crippen LogP contribution < -0.4 is 0 Å². The summed E-state index contributed by atoms with van der Waals surface area (Å²) in [6, 6.07) is 5.12. The molecule has 0 spiro atoms. The Labute approximate surface area is 142 Å². The molecule has 0 aromatic carbocycles. The third-order valence-electron chi connectivity index (χ3n) is 5.18. The van der Waals surface area contributed by atoms with Crippen LogP contribution in [-0.4, -0.2) is 65.5 Å². The second-order valence-corrected chi connectivity index (χ2v) is 6.85. The third-order valence-corrected chi connectivity index (χ3v) is 5.18. The van der Waals surface area contributed by atoms with Crippen molar-refractivity contribution in [1.82, 2.24) is 14.8 Å². The monoisotopic (exact) mass is 331 g/mol. The van der Waals surface area contributed by atoms with E-state index in [1.54, 1.807) is 30.2 Å². The zero-order valence-corrected chi connectivity index (χ0v) is 14.5. The highest BCUT2D eigenvalue weighted by Crippen LogP contribution is 2.25. The number of ether oxygens (including phenoxy) is 1. The lowest BCUT2D eigenvalue weighted by atomic mass is 9.93. The van der Waals surface area contributed by atoms with Gasteiger partial charge in [-0.3, -0.25) is 9.59 Å². The molecule has 0 aliphatic carbocycles. The minimum absolute atomic E-state index is 0.0762. The van der Waals surface area contributed by atoms with Gasteiger partial charge in [0.25, 0.3) is 11.8 Å². The summed E-state index contributed by atoms with van der Waals surface area (Å²) in [5.41, 5.74) is 0.556. The van der Waals surface area contributed by atoms with Crippen LogP contribution in [-0.2, 0) is 4.74 Å². The molecule has 2 aliphatic rings. The molecule has 2 aliphatic heterocycles. The van der Waals surface area contributed by atoms with E-state index in [1.165, 1.54) is 0 Å². The highest BCUT2D eigenvalue weighted by molar-refractivity contribution is 5.96. The number of methoxy groups -OCH3 is 1. The highest BCUT2D eigenvalue weighted by Gasteiger charge is 2.32. The minimum Gasteiger partial charge on any atom is -0.378 e. The number of likely N-dealkylation sites (tertiary alicyclic amines) is 2. The first-order valence-electron chi connectivity index (χ1n) is 8.63. The van der Waals surface area contributed by atoms with Crippen molar-refractivity contribution in [3.8, 4) is 0 Å². The molecule has 0 N–H and O–H groups in total. The molecule has 1 aromatic rings. The van der Waals surface area contributed by atoms with E-state index < -0.39 is 0 Å². The van der Waals surface area contributed by atoms with Crippen LogP contribution in [0.15, 0.2) is 18.2 Å². The summed E-state index contributed by atoms with van der Waals surface area (Å²) in [4.78, 5) is 33.1. The number of hydrogen-bond acceptors (Lipinski definition) is 4. The smallest absolute Gasteiger partial charge is 0.272 e. The fourth-order valence-corrected chi connectivity index (χ4v) is 3.30. The highest BCUT2D eigenvalue weighted by atomic mass is 16.5. The van der Waals surface area contributed by atoms with E-state index in [1.807, 2.05) is 4.90 Å². The van der Waals surface area contributed by atoms with Gasteiger partial charge in [-0.1, -0.05) is 6.07 Å². The maximum Gasteiger partial charge on any atom is 0.272 e. The van der Waals surface area contributed by atoms with Crippen molar-refractivity contribution >= 4 is 11.8 Å². The zero-order valence-electron chi connectivity index (χ0n) is 14.5. The molecular formula is C18H25N3O3. The van der Waals surface area contributed by atoms with Gasteiger partial charge in [-0.15, -0.1) is 0 Å². The Bertz CT molecular complexity index is 618. The van der Waals surface area contributed by atoms with E-state index >= 15 is 0 Å². The molecule has 0 unspecified atom stereocenters. The topological polar surface area (TPSA) is 62.7 Å². The van der Waals surface area contributed by atoms with Gasteiger partial charge in [0.2, 0.25) is 0 Å². The molecule has 0 saturated carbocycles. The van der Waals surface area contributed by atoms with E-state index in [0.29, 0.717) is 24.5 Å². The van der Waals surface area contributed by atoms with Crippen LogP contribution in [0, 0.1) is 0 Å². The van der Waals surface area contributed by atoms with E-state index in [-0.39, 0.29) is 17.4 Å². The van der Waals surface area contributed by atoms with Crippen LogP contribution in [0.5, 0.6) is 0 Å². The van der Waals surface area contributed by atoms with Gasteiger partial charge in [-0.2, -0.15) is 0 Å². The number of piperidine rings is 1. The molecule has 2 saturated heterocycles. The van der Waals surface area contributed by atoms with E-state index in [4.69, 9.17) is 4.74 Å². The molecule has 3 heterocycles. The van der Waals surface area contributed by atoms with Gasteiger partial charge in [0.15, 0.2) is 0 Å². The normalized spacial score (nSPS) is 20.2. The summed E-state index contributed by atoms with van der Waals surface area (Å²) in [7, 11) is 1.71. The molecule has 2 amide bonds. The van der Waals surface area contributed by atoms with Crippen molar-refractivity contribution in [1.29, 1.82) is 0 Å². The summed E-state index contributed by atoms with van der Waals surface area (Å²) < 4.78 is 5.52. The van der Waals surface area contributed by atoms with Gasteiger partial charge in [0.05, 0.1) is 5.60 Å². The summed E-state index contributed by atoms with van der Waals surface area (Å²) in [5.74, 6) is -0.183. The minimum atomic E-state index is -0.155. The fourth-order valence-electron chi connectivity index (χ4n) is 3.30. The van der Waals surface area contributed by atoms with Crippen LogP contribution in [0.2, 0.25) is 0 Å². The first kappa shape index (κ1) is 16.9. The number of nitrogens with zero attached hydrogens (tertiary/aromatic N) is 3. The van der Waals surface area contributed by atoms with Crippen LogP contribution in [0.3, 0.4) is 0 Å². The van der Waals surface area contributed by atoms with Crippen molar-refractivity contribution < 1.29 is 14.3 Å². The Balaban J connectivity index is 1.69. The van der Waals surface area contributed by atoms with Gasteiger partial charge < -0.3 is 14.5 Å². The van der Waals surface area contributed by atoms with Crippen molar-refractivity contribution in [2.75, 3.05) is 33.3 Å². The fraction of sp³-hybridized carbons (Fsp3) is 0.611. The van der Waals surface area contributed by atoms with Crippen LogP contribution in [0.1, 0.15) is 53.6 Å². The molecule has 0 bridgehead atoms. The molecule has 6 nitrogen and oxygen atoms in total. The first-order chi connectivity index (χ1) is 11.5. The quantitative estimate of drug-likeness (QED) is 0.849. The summed E-state index contributed by atoms with van der Waals surface area (Å²) in [6.07, 6.45) is 3.69. The van der Waals surface area contributed by atoms with Crippen LogP contribution in [0.25, 0.3) is 0 Å². The Hall–Kier alpha value is -1.95. The van der Waals surface area contributed by atoms with Crippen LogP contribution in [0.4, 0.5) is 0 Å². The maximum absolute atomic E-state index is 12.7. The summed E-state index contributed by atoms with van der Waals surface area (Å²) in [6.45, 7) is 4.92. The van der Waals surface area contributed by atoms with Gasteiger partial charge in [0, 0.05) is 33.3 Å². The van der Waals surface area contributed by atoms with Crippen molar-refractivity contribution in [3.63, 3.8) is 0 Å². The summed E-state index contributed by atoms with van der Waals surface area (Å²) >= 11 is 0. The van der Waals surface area contributed by atoms with Crippen molar-refractivity contribution in [2.45, 2.75) is 38.2 Å². The lowest BCUT2D eigenvalue weighted by Gasteiger charge is -2.38. The maximum atomic E-state index is 12.7. The SMILES string of the molecule is COC1(C)CCN(C(=O)c2cccc(C(=O)N3CCCC3)n2)CC1. The van der Waals surface area contributed by atoms with Crippen molar-refractivity contribution in [2.24, 2.45) is 0 Å². The van der Waals surface area contributed by atoms with E-state index in [9.17, 15) is 9.59 Å². The number of pyridine rings is 1. The van der Waals surface area contributed by atoms with Gasteiger partial charge >= 0.3 is 0 Å². The Morgan fingerprint density at radius 3 is 2.00 bits per heavy atom. The molecular weight excluding hydrogens is 306 g/mol. The zero-order chi connectivity index (χ0) is 17.2. The molecule has 2 fully saturated rings. The molecule has 1 aromatic heterocycles. The number of hydrogen-bond donors (Lipinski definition) is 0. The number of carbonyl (C=O) groups is 2. The molecule has 24 heavy (non-hydrogen) atoms. The summed E-state index contributed by atoms with van der Waals surface area (Å²) in [5, 5.41) is 0. The van der Waals surface area contributed by atoms with Gasteiger partial charge in [-0.25, -0.2) is 4.98 Å². The standard InChI is InChI=1S/C18H25N3O3/c1-18(24-2)8-12-21(13-9-18)17(23)15-7-5-6-14(19-15)16(22)20-10-3-4-11-20/h5-7H,3-4,8-13H2,1-2H3. The molecule has 3 rings (SSSR count). The van der Waals surface area contributed by atoms with Gasteiger partial charge in [0.1, 0.15) is 11.4 Å². The number of amides is 2. The van der Waals surface area contributed by atoms with E-state index in [0.717, 1.165) is 38.8 Å². The van der Waals surface area contributed by atoms with Crippen LogP contribution >= 0.6 is 0 Å². The van der Waals surface area contributed by atoms with E-state index in [2.05, 4.69) is 11.9 Å². The number of aromatic nitrogens is 1. The average molecular weight is 331 g/mol. The second kappa shape index (κ2) is 6.89. The molecule has 0 radical (unpaired) electrons. The van der Waals surface area contributed by atoms with Crippen molar-refractivity contribution in [3.05, 3.63) is 29.6 Å². The third kappa shape index (κ3) is 3.43. The Kier molecular flexibility index (Phi) is 4.85. The molecule has 6 heteroatoms. The van der Waals surface area contributed by atoms with Gasteiger partial charge in [-0.05, 0) is 44.7 Å². The predicted octanol–water partition coefficient (Wildman–Crippen LogP) is 1.96. The largest absolute Gasteiger partial charge is 0.378 e. The lowest BCUT2D eigenvalue weighted by Crippen LogP contribution is -2.46. The second-order valence-electron chi connectivity index (χ2n) is 6.85. The number of rotatable bonds is 3. The Morgan fingerprint density at radius 1 is 1.00 bits per heavy atom. The predicted molar refractivity (Wildman–Crippen MR) is 89.9 cm³/mol.